The smallest absolute Gasteiger partial charge is 0.260 e. The van der Waals surface area contributed by atoms with Gasteiger partial charge in [-0.1, -0.05) is 62.6 Å². The van der Waals surface area contributed by atoms with Gasteiger partial charge in [-0.25, -0.2) is 0 Å². The third-order valence-electron chi connectivity index (χ3n) is 7.06. The summed E-state index contributed by atoms with van der Waals surface area (Å²) in [5, 5.41) is 2.94. The second-order valence-electron chi connectivity index (χ2n) is 10.3. The molecule has 2 atom stereocenters. The van der Waals surface area contributed by atoms with Gasteiger partial charge in [0.2, 0.25) is 5.91 Å². The number of nitrogens with zero attached hydrogens (tertiary/aromatic N) is 1. The first-order valence-electron chi connectivity index (χ1n) is 12.8. The molecule has 0 unspecified atom stereocenters. The Morgan fingerprint density at radius 1 is 1.09 bits per heavy atom. The third-order valence-corrected chi connectivity index (χ3v) is 7.06. The normalized spacial score (nSPS) is 19.1. The molecule has 34 heavy (non-hydrogen) atoms. The van der Waals surface area contributed by atoms with Crippen LogP contribution in [0.4, 0.5) is 0 Å². The van der Waals surface area contributed by atoms with E-state index in [0.29, 0.717) is 18.2 Å². The second-order valence-corrected chi connectivity index (χ2v) is 10.3. The largest absolute Gasteiger partial charge is 0.481 e. The monoisotopic (exact) mass is 462 g/mol. The number of hydrogen-bond acceptors (Lipinski definition) is 3. The molecule has 5 heteroatoms. The zero-order chi connectivity index (χ0) is 24.2. The number of amides is 2. The van der Waals surface area contributed by atoms with Crippen molar-refractivity contribution >= 4 is 11.8 Å². The first kappa shape index (κ1) is 24.3. The van der Waals surface area contributed by atoms with Gasteiger partial charge in [-0.2, -0.15) is 0 Å². The summed E-state index contributed by atoms with van der Waals surface area (Å²) in [6.45, 7) is 9.37. The predicted octanol–water partition coefficient (Wildman–Crippen LogP) is 5.20. The molecule has 0 bridgehead atoms. The average molecular weight is 463 g/mol. The molecule has 1 heterocycles. The van der Waals surface area contributed by atoms with Gasteiger partial charge in [0.1, 0.15) is 5.75 Å². The fraction of sp³-hybridized carbons (Fsp3) is 0.517. The van der Waals surface area contributed by atoms with Crippen LogP contribution < -0.4 is 10.1 Å². The number of carbonyl (C=O) groups excluding carboxylic acids is 2. The maximum Gasteiger partial charge on any atom is 0.260 e. The van der Waals surface area contributed by atoms with Gasteiger partial charge in [-0.05, 0) is 67.9 Å². The van der Waals surface area contributed by atoms with Crippen molar-refractivity contribution in [1.82, 2.24) is 10.2 Å². The lowest BCUT2D eigenvalue weighted by Gasteiger charge is -2.39. The topological polar surface area (TPSA) is 58.6 Å². The van der Waals surface area contributed by atoms with E-state index in [9.17, 15) is 9.59 Å². The van der Waals surface area contributed by atoms with Crippen LogP contribution in [0.5, 0.6) is 5.75 Å². The highest BCUT2D eigenvalue weighted by molar-refractivity contribution is 5.81. The highest BCUT2D eigenvalue weighted by Crippen LogP contribution is 2.40. The summed E-state index contributed by atoms with van der Waals surface area (Å²) in [5.41, 5.74) is 4.66. The van der Waals surface area contributed by atoms with Crippen molar-refractivity contribution in [2.24, 2.45) is 11.8 Å². The molecular formula is C29H38N2O3. The lowest BCUT2D eigenvalue weighted by atomic mass is 9.86. The number of hydrogen-bond donors (Lipinski definition) is 1. The fourth-order valence-corrected chi connectivity index (χ4v) is 5.22. The molecule has 1 saturated carbocycles. The number of aryl methyl sites for hydroxylation is 1. The number of fused-ring (bicyclic) bond motifs is 1. The zero-order valence-electron chi connectivity index (χ0n) is 21.0. The van der Waals surface area contributed by atoms with E-state index in [4.69, 9.17) is 4.74 Å². The van der Waals surface area contributed by atoms with Gasteiger partial charge in [-0.3, -0.25) is 9.59 Å². The first-order valence-corrected chi connectivity index (χ1v) is 12.8. The molecule has 4 rings (SSSR count). The minimum atomic E-state index is -0.589. The third kappa shape index (κ3) is 5.45. The van der Waals surface area contributed by atoms with Crippen molar-refractivity contribution in [1.29, 1.82) is 0 Å². The molecule has 1 aliphatic carbocycles. The van der Waals surface area contributed by atoms with Crippen LogP contribution in [0.2, 0.25) is 0 Å². The van der Waals surface area contributed by atoms with Crippen molar-refractivity contribution in [2.75, 3.05) is 13.1 Å². The van der Waals surface area contributed by atoms with Crippen LogP contribution >= 0.6 is 0 Å². The molecule has 5 nitrogen and oxygen atoms in total. The summed E-state index contributed by atoms with van der Waals surface area (Å²) < 4.78 is 6.06. The van der Waals surface area contributed by atoms with Gasteiger partial charge in [0.25, 0.3) is 5.91 Å². The van der Waals surface area contributed by atoms with Gasteiger partial charge in [0.05, 0.1) is 6.04 Å². The van der Waals surface area contributed by atoms with E-state index in [1.165, 1.54) is 11.1 Å². The van der Waals surface area contributed by atoms with E-state index in [1.807, 2.05) is 12.1 Å². The highest BCUT2D eigenvalue weighted by atomic mass is 16.5. The van der Waals surface area contributed by atoms with E-state index < -0.39 is 6.10 Å². The molecule has 182 valence electrons. The second kappa shape index (κ2) is 10.6. The number of nitrogens with one attached hydrogen (secondary N) is 1. The van der Waals surface area contributed by atoms with Crippen LogP contribution in [-0.2, 0) is 16.0 Å². The van der Waals surface area contributed by atoms with Crippen LogP contribution in [0.25, 0.3) is 0 Å². The Kier molecular flexibility index (Phi) is 7.60. The molecule has 1 N–H and O–H groups in total. The molecule has 0 aromatic heterocycles. The number of benzene rings is 2. The first-order chi connectivity index (χ1) is 16.3. The van der Waals surface area contributed by atoms with Crippen LogP contribution in [0.1, 0.15) is 74.8 Å². The molecular weight excluding hydrogens is 424 g/mol. The summed E-state index contributed by atoms with van der Waals surface area (Å²) in [5.74, 6) is 1.36. The maximum absolute atomic E-state index is 13.6. The van der Waals surface area contributed by atoms with Crippen molar-refractivity contribution in [3.05, 3.63) is 64.7 Å². The quantitative estimate of drug-likeness (QED) is 0.615. The summed E-state index contributed by atoms with van der Waals surface area (Å²) >= 11 is 0. The van der Waals surface area contributed by atoms with E-state index in [-0.39, 0.29) is 23.8 Å². The van der Waals surface area contributed by atoms with Gasteiger partial charge < -0.3 is 15.0 Å². The minimum Gasteiger partial charge on any atom is -0.481 e. The molecule has 2 aromatic carbocycles. The number of carbonyl (C=O) groups is 2. The van der Waals surface area contributed by atoms with E-state index in [2.05, 4.69) is 61.3 Å². The standard InChI is InChI=1S/C29H38N2O3/c1-19(2)18-30-28(32)21(4)34-25-13-12-22-14-15-31(29(33)23-9-5-6-10-23)27(26(22)17-25)24-11-7-8-20(3)16-24/h7-8,11-13,16-17,19,21,23,27H,5-6,9-10,14-15,18H2,1-4H3,(H,30,32)/t21-,27+/m0/s1. The lowest BCUT2D eigenvalue weighted by Crippen LogP contribution is -2.43. The Labute approximate surface area is 203 Å². The van der Waals surface area contributed by atoms with Crippen LogP contribution in [0.3, 0.4) is 0 Å². The van der Waals surface area contributed by atoms with Crippen molar-refractivity contribution in [2.45, 2.75) is 71.9 Å². The Bertz CT molecular complexity index is 1030. The molecule has 2 amide bonds. The summed E-state index contributed by atoms with van der Waals surface area (Å²) in [4.78, 5) is 28.2. The predicted molar refractivity (Wildman–Crippen MR) is 135 cm³/mol. The van der Waals surface area contributed by atoms with Gasteiger partial charge in [0, 0.05) is 19.0 Å². The molecule has 1 fully saturated rings. The van der Waals surface area contributed by atoms with Crippen LogP contribution in [0, 0.1) is 18.8 Å². The van der Waals surface area contributed by atoms with Gasteiger partial charge in [0.15, 0.2) is 6.10 Å². The molecule has 0 spiro atoms. The van der Waals surface area contributed by atoms with Crippen molar-refractivity contribution in [3.8, 4) is 5.75 Å². The molecule has 0 radical (unpaired) electrons. The number of rotatable bonds is 7. The molecule has 0 saturated heterocycles. The van der Waals surface area contributed by atoms with Gasteiger partial charge in [-0.15, -0.1) is 0 Å². The minimum absolute atomic E-state index is 0.111. The zero-order valence-corrected chi connectivity index (χ0v) is 21.0. The average Bonchev–Trinajstić information content (AvgIpc) is 3.36. The summed E-state index contributed by atoms with van der Waals surface area (Å²) in [7, 11) is 0. The van der Waals surface area contributed by atoms with Crippen molar-refractivity contribution in [3.63, 3.8) is 0 Å². The Morgan fingerprint density at radius 2 is 1.85 bits per heavy atom. The molecule has 1 aliphatic heterocycles. The fourth-order valence-electron chi connectivity index (χ4n) is 5.22. The van der Waals surface area contributed by atoms with Crippen molar-refractivity contribution < 1.29 is 14.3 Å². The Balaban J connectivity index is 1.64. The highest BCUT2D eigenvalue weighted by Gasteiger charge is 2.36. The number of ether oxygens (including phenoxy) is 1. The SMILES string of the molecule is Cc1cccc([C@@H]2c3cc(O[C@@H](C)C(=O)NCC(C)C)ccc3CCN2C(=O)C2CCCC2)c1. The molecule has 2 aliphatic rings. The maximum atomic E-state index is 13.6. The van der Waals surface area contributed by atoms with Gasteiger partial charge >= 0.3 is 0 Å². The van der Waals surface area contributed by atoms with E-state index >= 15 is 0 Å². The summed E-state index contributed by atoms with van der Waals surface area (Å²) in [6, 6.07) is 14.4. The van der Waals surface area contributed by atoms with E-state index in [0.717, 1.165) is 49.8 Å². The van der Waals surface area contributed by atoms with E-state index in [1.54, 1.807) is 6.92 Å². The Hall–Kier alpha value is -2.82. The van der Waals surface area contributed by atoms with Crippen LogP contribution in [0.15, 0.2) is 42.5 Å². The Morgan fingerprint density at radius 3 is 2.56 bits per heavy atom. The summed E-state index contributed by atoms with van der Waals surface area (Å²) in [6.07, 6.45) is 4.52. The molecule has 2 aromatic rings. The van der Waals surface area contributed by atoms with Crippen LogP contribution in [-0.4, -0.2) is 35.9 Å². The lowest BCUT2D eigenvalue weighted by molar-refractivity contribution is -0.137.